The van der Waals surface area contributed by atoms with E-state index in [9.17, 15) is 75.0 Å². The van der Waals surface area contributed by atoms with Crippen LogP contribution in [0.4, 0.5) is 11.6 Å². The lowest BCUT2D eigenvalue weighted by molar-refractivity contribution is -0.766. The molecule has 36 nitrogen and oxygen atoms in total. The van der Waals surface area contributed by atoms with Gasteiger partial charge in [0.1, 0.15) is 115 Å². The summed E-state index contributed by atoms with van der Waals surface area (Å²) in [5.74, 6) is -1.46. The van der Waals surface area contributed by atoms with Gasteiger partial charge in [-0.25, -0.2) is 28.4 Å². The Balaban J connectivity index is 0.000000202. The van der Waals surface area contributed by atoms with E-state index in [2.05, 4.69) is 24.7 Å². The van der Waals surface area contributed by atoms with Gasteiger partial charge >= 0.3 is 13.8 Å². The molecule has 16 N–H and O–H groups in total. The summed E-state index contributed by atoms with van der Waals surface area (Å²) in [6.45, 7) is -2.92. The van der Waals surface area contributed by atoms with E-state index in [-0.39, 0.29) is 34.2 Å². The summed E-state index contributed by atoms with van der Waals surface area (Å²) in [5.41, 5.74) is 13.4. The summed E-state index contributed by atoms with van der Waals surface area (Å²) < 4.78 is 70.2. The quantitative estimate of drug-likeness (QED) is 0.0229. The first-order valence-corrected chi connectivity index (χ1v) is 27.6. The van der Waals surface area contributed by atoms with Crippen LogP contribution in [0.2, 0.25) is 0 Å². The Morgan fingerprint density at radius 1 is 0.643 bits per heavy atom. The number of amides is 1. The molecule has 84 heavy (non-hydrogen) atoms. The molecule has 38 heteroatoms. The molecule has 0 saturated carbocycles. The van der Waals surface area contributed by atoms with Crippen molar-refractivity contribution in [1.82, 2.24) is 29.2 Å². The number of esters is 1. The number of carbonyl (C=O) groups excluding carboxylic acids is 2. The number of anilines is 2. The van der Waals surface area contributed by atoms with Gasteiger partial charge in [-0.3, -0.25) is 13.9 Å². The average Bonchev–Trinajstić information content (AvgIpc) is 2.65. The van der Waals surface area contributed by atoms with Crippen molar-refractivity contribution in [2.45, 2.75) is 96.9 Å². The third-order valence-corrected chi connectivity index (χ3v) is 15.4. The highest BCUT2D eigenvalue weighted by Gasteiger charge is 2.59. The fraction of sp³-hybridized carbons (Fsp3) is 0.435. The summed E-state index contributed by atoms with van der Waals surface area (Å²) in [5, 5.41) is 112. The highest BCUT2D eigenvalue weighted by molar-refractivity contribution is 7.46. The number of fused-ring (bicyclic) bond motifs is 2. The molecule has 0 spiro atoms. The van der Waals surface area contributed by atoms with Gasteiger partial charge in [-0.1, -0.05) is 0 Å². The van der Waals surface area contributed by atoms with Gasteiger partial charge in [0.25, 0.3) is 26.2 Å². The minimum Gasteiger partial charge on any atom is -0.756 e. The van der Waals surface area contributed by atoms with Crippen molar-refractivity contribution in [3.63, 3.8) is 0 Å². The Morgan fingerprint density at radius 3 is 1.52 bits per heavy atom. The first kappa shape index (κ1) is 61.4. The number of phosphoric ester groups is 2. The fourth-order valence-electron chi connectivity index (χ4n) is 9.67. The third-order valence-electron chi connectivity index (χ3n) is 14.0. The van der Waals surface area contributed by atoms with Crippen LogP contribution in [0.1, 0.15) is 44.6 Å². The van der Waals surface area contributed by atoms with E-state index in [0.29, 0.717) is 11.0 Å². The van der Waals surface area contributed by atoms with E-state index in [1.807, 2.05) is 12.1 Å². The average molecular weight is 1220 g/mol. The first-order chi connectivity index (χ1) is 39.7. The van der Waals surface area contributed by atoms with Crippen LogP contribution in [-0.4, -0.2) is 191 Å². The number of carbonyl (C=O) groups is 2. The van der Waals surface area contributed by atoms with Crippen LogP contribution >= 0.6 is 15.6 Å². The molecule has 1 unspecified atom stereocenters. The Labute approximate surface area is 470 Å². The maximum Gasteiger partial charge on any atom is 0.469 e. The topological polar surface area (TPSA) is 561 Å². The van der Waals surface area contributed by atoms with Crippen LogP contribution in [0.3, 0.4) is 0 Å². The summed E-state index contributed by atoms with van der Waals surface area (Å²) in [6, 6.07) is 15.2. The number of aliphatic hydroxyl groups excluding tert-OH is 8. The lowest BCUT2D eigenvalue weighted by Crippen LogP contribution is -2.46. The van der Waals surface area contributed by atoms with Gasteiger partial charge in [0, 0.05) is 12.1 Å². The molecule has 4 aliphatic heterocycles. The van der Waals surface area contributed by atoms with E-state index < -0.39 is 151 Å². The van der Waals surface area contributed by atoms with E-state index in [0.717, 1.165) is 12.7 Å². The highest BCUT2D eigenvalue weighted by Crippen LogP contribution is 2.45. The van der Waals surface area contributed by atoms with Crippen LogP contribution < -0.4 is 31.2 Å². The molecule has 1 amide bonds. The third kappa shape index (κ3) is 11.8. The number of hydrogen-bond acceptors (Lipinski definition) is 29. The number of pyridine rings is 2. The normalized spacial score (nSPS) is 31.9. The largest absolute Gasteiger partial charge is 0.756 e. The van der Waals surface area contributed by atoms with Crippen molar-refractivity contribution in [1.29, 1.82) is 10.5 Å². The molecule has 4 saturated heterocycles. The Hall–Kier alpha value is -7.20. The minimum absolute atomic E-state index is 0.00410. The van der Waals surface area contributed by atoms with Crippen LogP contribution in [-0.2, 0) is 57.6 Å². The van der Waals surface area contributed by atoms with Crippen LogP contribution in [0.5, 0.6) is 0 Å². The molecule has 448 valence electrons. The van der Waals surface area contributed by atoms with Gasteiger partial charge in [0.2, 0.25) is 11.2 Å². The van der Waals surface area contributed by atoms with Gasteiger partial charge in [0.15, 0.2) is 48.6 Å². The van der Waals surface area contributed by atoms with E-state index >= 15 is 0 Å². The van der Waals surface area contributed by atoms with E-state index in [4.69, 9.17) is 59.7 Å². The lowest BCUT2D eigenvalue weighted by Gasteiger charge is -2.27. The van der Waals surface area contributed by atoms with Crippen molar-refractivity contribution in [3.05, 3.63) is 108 Å². The smallest absolute Gasteiger partial charge is 0.469 e. The van der Waals surface area contributed by atoms with Gasteiger partial charge in [-0.2, -0.15) is 29.9 Å². The van der Waals surface area contributed by atoms with Crippen LogP contribution in [0.25, 0.3) is 11.0 Å². The van der Waals surface area contributed by atoms with Crippen molar-refractivity contribution in [2.75, 3.05) is 37.9 Å². The van der Waals surface area contributed by atoms with Crippen LogP contribution in [0, 0.1) is 22.7 Å². The number of aliphatic hydroxyl groups is 8. The number of nitrogens with zero attached hydrogens (tertiary/aromatic N) is 10. The molecular weight excluding hydrogens is 1160 g/mol. The maximum atomic E-state index is 12.9. The van der Waals surface area contributed by atoms with Crippen molar-refractivity contribution < 1.29 is 121 Å². The van der Waals surface area contributed by atoms with Crippen LogP contribution in [0.15, 0.2) is 86.0 Å². The van der Waals surface area contributed by atoms with Gasteiger partial charge in [-0.05, 0) is 36.4 Å². The second kappa shape index (κ2) is 24.0. The number of nitrogens with two attached hydrogens (primary N) is 3. The maximum absolute atomic E-state index is 12.9. The summed E-state index contributed by atoms with van der Waals surface area (Å²) >= 11 is 0. The summed E-state index contributed by atoms with van der Waals surface area (Å²) in [4.78, 5) is 62.3. The number of ether oxygens (including phenoxy) is 5. The standard InChI is InChI=1S/C23H26N7O11P.C23H25N6O12P/c24-9-23(15-4-3-12-20(25)27-10-28-30(12)15)19(34)17(32)14(41-23)8-39-42(36,37)38-7-13-16(31)18(33)22(40-13)29-5-1-2-11(6-29)21(26)35;24-9-23(15-4-3-12-20(25)26-10-27-29(12)15)19(33)17(31)14(41-23)7-38-22(34)11-2-1-5-28(6-11)21-18(32)16(30)13(40-21)8-39-42(35,36)37/h1-6,10,13-14,16-19,22,31-34H,7-8H2,(H4-,25,26,27,28,35,36,37);1-6,10,13-14,16-19,21,30-33H,7-8H2,(H3-,25,26,27,35,36,37)/p+1/t13-,14-,16-,17-,18-,19-,22-,23+;13-,14-,16-,17-,18-,19-,21-,23+/m11/s1. The number of nitrogen functional groups attached to an aromatic ring is 2. The zero-order valence-electron chi connectivity index (χ0n) is 42.9. The molecular formula is C46H52N13O23P2+. The second-order valence-corrected chi connectivity index (χ2v) is 21.8. The SMILES string of the molecule is N#C[C@@]1(c2ccc3c(N)ncnn23)O[C@H](COC(=O)c2ccc[n+]([C@@H]3O[C@H](COP(=O)(O)O)[C@@H](O)[C@H]3O)c2)[C@@H](O)[C@H]1O.N#C[C@@]1(c2ccc3c(N)ncnn23)O[C@H](COP(=O)([O-])OC[C@H]2O[C@@H]([n+]3cccc(C(N)=O)c3)[C@H](O)[C@@H]2O)[C@@H](O)[C@H]1O. The predicted molar refractivity (Wildman–Crippen MR) is 265 cm³/mol. The van der Waals surface area contributed by atoms with Crippen molar-refractivity contribution in [3.8, 4) is 12.1 Å². The number of nitriles is 2. The van der Waals surface area contributed by atoms with Crippen molar-refractivity contribution >= 4 is 50.2 Å². The zero-order valence-corrected chi connectivity index (χ0v) is 44.7. The molecule has 0 bridgehead atoms. The lowest BCUT2D eigenvalue weighted by atomic mass is 9.92. The number of phosphoric acid groups is 2. The Bertz CT molecular complexity index is 3620. The first-order valence-electron chi connectivity index (χ1n) is 24.6. The van der Waals surface area contributed by atoms with Gasteiger partial charge < -0.3 is 105 Å². The molecule has 0 radical (unpaired) electrons. The molecule has 0 aromatic carbocycles. The Kier molecular flexibility index (Phi) is 17.6. The van der Waals surface area contributed by atoms with Gasteiger partial charge in [0.05, 0.1) is 31.2 Å². The molecule has 10 rings (SSSR count). The molecule has 0 aliphatic carbocycles. The monoisotopic (exact) mass is 1220 g/mol. The number of primary amides is 1. The number of hydrogen-bond donors (Lipinski definition) is 13. The molecule has 17 atom stereocenters. The molecule has 6 aromatic heterocycles. The van der Waals surface area contributed by atoms with Crippen molar-refractivity contribution in [2.24, 2.45) is 5.73 Å². The van der Waals surface area contributed by atoms with E-state index in [1.54, 1.807) is 0 Å². The zero-order chi connectivity index (χ0) is 60.8. The number of aromatic nitrogens is 8. The Morgan fingerprint density at radius 2 is 1.07 bits per heavy atom. The predicted octanol–water partition coefficient (Wildman–Crippen LogP) is -6.62. The number of rotatable bonds is 17. The molecule has 6 aromatic rings. The minimum atomic E-state index is -5.15. The summed E-state index contributed by atoms with van der Waals surface area (Å²) in [6.07, 6.45) is -13.5. The molecule has 10 heterocycles. The fourth-order valence-corrected chi connectivity index (χ4v) is 10.7. The highest BCUT2D eigenvalue weighted by atomic mass is 31.2. The molecule has 4 fully saturated rings. The van der Waals surface area contributed by atoms with Gasteiger partial charge in [-0.15, -0.1) is 0 Å². The molecule has 4 aliphatic rings. The second-order valence-electron chi connectivity index (χ2n) is 19.2. The van der Waals surface area contributed by atoms with E-state index in [1.165, 1.54) is 91.5 Å². The summed E-state index contributed by atoms with van der Waals surface area (Å²) in [7, 11) is -10.0.